The minimum absolute atomic E-state index is 0.0435. The Morgan fingerprint density at radius 1 is 0.754 bits per heavy atom. The Morgan fingerprint density at radius 3 is 1.97 bits per heavy atom. The molecule has 1 saturated carbocycles. The van der Waals surface area contributed by atoms with Crippen molar-refractivity contribution >= 4 is 11.6 Å². The largest absolute Gasteiger partial charge is 0.416 e. The first kappa shape index (κ1) is 45.6. The number of rotatable bonds is 15. The molecule has 2 unspecified atom stereocenters. The van der Waals surface area contributed by atoms with Crippen LogP contribution in [-0.4, -0.2) is 63.4 Å². The number of fused-ring (bicyclic) bond motifs is 1. The van der Waals surface area contributed by atoms with Crippen molar-refractivity contribution in [2.24, 2.45) is 5.41 Å². The predicted molar refractivity (Wildman–Crippen MR) is 227 cm³/mol. The maximum atomic E-state index is 14.8. The highest BCUT2D eigenvalue weighted by Gasteiger charge is 2.42. The van der Waals surface area contributed by atoms with Gasteiger partial charge in [-0.2, -0.15) is 13.2 Å². The van der Waals surface area contributed by atoms with Crippen LogP contribution in [0.15, 0.2) is 36.7 Å². The average molecular weight is 858 g/mol. The quantitative estimate of drug-likeness (QED) is 0.116. The van der Waals surface area contributed by atoms with E-state index in [-0.39, 0.29) is 48.2 Å². The van der Waals surface area contributed by atoms with Crippen LogP contribution in [0.1, 0.15) is 186 Å². The summed E-state index contributed by atoms with van der Waals surface area (Å²) < 4.78 is 82.7. The zero-order valence-electron chi connectivity index (χ0n) is 36.0. The van der Waals surface area contributed by atoms with E-state index in [9.17, 15) is 36.6 Å². The van der Waals surface area contributed by atoms with Crippen LogP contribution < -0.4 is 9.80 Å². The van der Waals surface area contributed by atoms with Gasteiger partial charge in [-0.05, 0) is 111 Å². The first-order valence-electron chi connectivity index (χ1n) is 23.0. The second-order valence-corrected chi connectivity index (χ2v) is 19.3. The molecule has 1 aromatic carbocycles. The molecule has 336 valence electrons. The van der Waals surface area contributed by atoms with Crippen LogP contribution in [0.2, 0.25) is 0 Å². The Morgan fingerprint density at radius 2 is 1.34 bits per heavy atom. The van der Waals surface area contributed by atoms with E-state index in [1.807, 2.05) is 12.4 Å². The highest BCUT2D eigenvalue weighted by atomic mass is 19.4. The number of unbranched alkanes of at least 4 members (excludes halogenated alkanes) is 6. The molecular formula is C48H65F6N5O2. The number of aromatic nitrogens is 3. The van der Waals surface area contributed by atoms with Gasteiger partial charge in [0.1, 0.15) is 6.17 Å². The smallest absolute Gasteiger partial charge is 0.393 e. The number of hydrogen-bond acceptors (Lipinski definition) is 7. The number of pyridine rings is 1. The van der Waals surface area contributed by atoms with Crippen LogP contribution in [0.3, 0.4) is 0 Å². The molecule has 2 aliphatic carbocycles. The van der Waals surface area contributed by atoms with Crippen molar-refractivity contribution in [2.75, 3.05) is 36.0 Å². The number of aliphatic hydroxyl groups is 2. The van der Waals surface area contributed by atoms with Gasteiger partial charge in [0.05, 0.1) is 35.9 Å². The summed E-state index contributed by atoms with van der Waals surface area (Å²) in [7, 11) is 0. The van der Waals surface area contributed by atoms with Crippen molar-refractivity contribution in [3.63, 3.8) is 0 Å². The maximum absolute atomic E-state index is 14.8. The molecule has 2 aromatic heterocycles. The Kier molecular flexibility index (Phi) is 14.6. The molecule has 4 aliphatic rings. The van der Waals surface area contributed by atoms with Gasteiger partial charge in [-0.15, -0.1) is 0 Å². The van der Waals surface area contributed by atoms with Crippen molar-refractivity contribution in [1.29, 1.82) is 0 Å². The van der Waals surface area contributed by atoms with E-state index in [0.717, 1.165) is 144 Å². The Bertz CT molecular complexity index is 1860. The minimum atomic E-state index is -4.44. The molecule has 0 radical (unpaired) electrons. The standard InChI is InChI=1S/C48H65F6N5O2/c1-46(2)28-40-43(41(61)29-46)42(33-16-22-47(50,51)23-17-33)38(10-8-6-4-3-5-7-9-11-39(49)32-12-14-35(15-13-32)48(52,53)54)44(57-40)34-18-24-59(25-19-34)45-55-30-36(31-56-45)58-26-20-37(60)21-27-58/h12-15,30-31,33-34,37,39,41,60-61H,3-11,16-29H2,1-2H3. The number of anilines is 2. The number of alkyl halides is 6. The fraction of sp³-hybridized carbons (Fsp3) is 0.688. The summed E-state index contributed by atoms with van der Waals surface area (Å²) in [6, 6.07) is 4.34. The minimum Gasteiger partial charge on any atom is -0.393 e. The molecule has 3 fully saturated rings. The lowest BCUT2D eigenvalue weighted by atomic mass is 9.68. The van der Waals surface area contributed by atoms with E-state index < -0.39 is 29.9 Å². The van der Waals surface area contributed by atoms with Gasteiger partial charge in [-0.3, -0.25) is 4.98 Å². The summed E-state index contributed by atoms with van der Waals surface area (Å²) in [4.78, 5) is 19.4. The number of hydrogen-bond donors (Lipinski definition) is 2. The topological polar surface area (TPSA) is 85.6 Å². The van der Waals surface area contributed by atoms with Gasteiger partial charge in [0.15, 0.2) is 0 Å². The number of benzene rings is 1. The van der Waals surface area contributed by atoms with Crippen LogP contribution in [0, 0.1) is 5.41 Å². The lowest BCUT2D eigenvalue weighted by Crippen LogP contribution is -2.37. The fourth-order valence-corrected chi connectivity index (χ4v) is 10.5. The number of piperidine rings is 2. The van der Waals surface area contributed by atoms with Gasteiger partial charge < -0.3 is 20.0 Å². The van der Waals surface area contributed by atoms with Crippen LogP contribution in [0.4, 0.5) is 38.0 Å². The number of aliphatic hydroxyl groups excluding tert-OH is 2. The second kappa shape index (κ2) is 19.5. The molecule has 13 heteroatoms. The molecule has 0 amide bonds. The normalized spacial score (nSPS) is 22.0. The van der Waals surface area contributed by atoms with Crippen LogP contribution in [0.25, 0.3) is 0 Å². The van der Waals surface area contributed by atoms with E-state index in [0.29, 0.717) is 31.6 Å². The average Bonchev–Trinajstić information content (AvgIpc) is 3.22. The highest BCUT2D eigenvalue weighted by molar-refractivity contribution is 5.49. The van der Waals surface area contributed by atoms with Gasteiger partial charge in [-0.1, -0.05) is 64.5 Å². The molecule has 0 bridgehead atoms. The van der Waals surface area contributed by atoms with Crippen molar-refractivity contribution in [2.45, 2.75) is 178 Å². The molecule has 0 spiro atoms. The molecule has 2 N–H and O–H groups in total. The molecule has 2 atom stereocenters. The van der Waals surface area contributed by atoms with Crippen molar-refractivity contribution in [3.05, 3.63) is 75.9 Å². The van der Waals surface area contributed by atoms with Gasteiger partial charge in [0.2, 0.25) is 11.9 Å². The highest BCUT2D eigenvalue weighted by Crippen LogP contribution is 2.50. The first-order chi connectivity index (χ1) is 29.1. The summed E-state index contributed by atoms with van der Waals surface area (Å²) in [5.74, 6) is -1.82. The van der Waals surface area contributed by atoms with Crippen molar-refractivity contribution < 1.29 is 36.6 Å². The first-order valence-corrected chi connectivity index (χ1v) is 23.0. The summed E-state index contributed by atoms with van der Waals surface area (Å²) in [6.45, 7) is 7.44. The Labute approximate surface area is 357 Å². The third-order valence-electron chi connectivity index (χ3n) is 13.9. The molecule has 4 heterocycles. The van der Waals surface area contributed by atoms with Gasteiger partial charge in [-0.25, -0.2) is 23.1 Å². The van der Waals surface area contributed by atoms with Crippen LogP contribution in [0.5, 0.6) is 0 Å². The molecular weight excluding hydrogens is 793 g/mol. The van der Waals surface area contributed by atoms with Gasteiger partial charge >= 0.3 is 6.18 Å². The second-order valence-electron chi connectivity index (χ2n) is 19.3. The molecule has 3 aromatic rings. The third kappa shape index (κ3) is 11.6. The van der Waals surface area contributed by atoms with E-state index in [2.05, 4.69) is 23.6 Å². The zero-order valence-corrected chi connectivity index (χ0v) is 36.0. The van der Waals surface area contributed by atoms with Gasteiger partial charge in [0.25, 0.3) is 0 Å². The summed E-state index contributed by atoms with van der Waals surface area (Å²) in [6.07, 6.45) is 9.59. The molecule has 2 saturated heterocycles. The van der Waals surface area contributed by atoms with E-state index in [4.69, 9.17) is 15.0 Å². The molecule has 7 rings (SSSR count). The summed E-state index contributed by atoms with van der Waals surface area (Å²) >= 11 is 0. The third-order valence-corrected chi connectivity index (χ3v) is 13.9. The van der Waals surface area contributed by atoms with Crippen molar-refractivity contribution in [3.8, 4) is 0 Å². The maximum Gasteiger partial charge on any atom is 0.416 e. The summed E-state index contributed by atoms with van der Waals surface area (Å²) in [5.41, 5.74) is 5.56. The van der Waals surface area contributed by atoms with Gasteiger partial charge in [0, 0.05) is 61.9 Å². The van der Waals surface area contributed by atoms with Crippen LogP contribution in [-0.2, 0) is 19.0 Å². The van der Waals surface area contributed by atoms with Crippen LogP contribution >= 0.6 is 0 Å². The fourth-order valence-electron chi connectivity index (χ4n) is 10.5. The summed E-state index contributed by atoms with van der Waals surface area (Å²) in [5, 5.41) is 21.7. The SMILES string of the molecule is CC1(C)Cc2nc(C3CCN(c4ncc(N5CCC(O)CC5)cn4)CC3)c(CCCCCCCCCC(F)c3ccc(C(F)(F)F)cc3)c(C3CCC(F)(F)CC3)c2C(O)C1. The monoisotopic (exact) mass is 858 g/mol. The molecule has 61 heavy (non-hydrogen) atoms. The van der Waals surface area contributed by atoms with E-state index in [1.54, 1.807) is 0 Å². The van der Waals surface area contributed by atoms with E-state index >= 15 is 0 Å². The lowest BCUT2D eigenvalue weighted by Gasteiger charge is -2.41. The van der Waals surface area contributed by atoms with Crippen molar-refractivity contribution in [1.82, 2.24) is 15.0 Å². The molecule has 7 nitrogen and oxygen atoms in total. The Hall–Kier alpha value is -3.45. The predicted octanol–water partition coefficient (Wildman–Crippen LogP) is 11.9. The van der Waals surface area contributed by atoms with E-state index in [1.165, 1.54) is 17.7 Å². The number of nitrogens with zero attached hydrogens (tertiary/aromatic N) is 5. The zero-order chi connectivity index (χ0) is 43.4. The Balaban J connectivity index is 1.01. The number of halogens is 6. The molecule has 2 aliphatic heterocycles. The lowest BCUT2D eigenvalue weighted by molar-refractivity contribution is -0.137.